The van der Waals surface area contributed by atoms with Gasteiger partial charge in [-0.15, -0.1) is 0 Å². The first kappa shape index (κ1) is 17.1. The molecular weight excluding hydrogens is 281 g/mol. The molecule has 1 aromatic carbocycles. The Bertz CT molecular complexity index is 568. The van der Waals surface area contributed by atoms with Crippen LogP contribution in [0.15, 0.2) is 23.1 Å². The van der Waals surface area contributed by atoms with E-state index in [1.807, 2.05) is 13.8 Å². The van der Waals surface area contributed by atoms with Crippen LogP contribution in [-0.4, -0.2) is 26.2 Å². The zero-order chi connectivity index (χ0) is 15.6. The molecule has 1 atom stereocenters. The third-order valence-electron chi connectivity index (χ3n) is 3.10. The molecule has 0 spiro atoms. The maximum absolute atomic E-state index is 13.4. The number of sulfonamides is 1. The normalized spacial score (nSPS) is 14.3. The molecular formula is C14H22FNO3S. The van der Waals surface area contributed by atoms with Gasteiger partial charge in [0.15, 0.2) is 0 Å². The van der Waals surface area contributed by atoms with E-state index in [9.17, 15) is 17.9 Å². The van der Waals surface area contributed by atoms with Crippen LogP contribution >= 0.6 is 0 Å². The smallest absolute Gasteiger partial charge is 0.240 e. The van der Waals surface area contributed by atoms with Crippen LogP contribution in [0.3, 0.4) is 0 Å². The van der Waals surface area contributed by atoms with Crippen LogP contribution in [0.4, 0.5) is 4.39 Å². The molecule has 0 aromatic heterocycles. The Morgan fingerprint density at radius 2 is 2.00 bits per heavy atom. The van der Waals surface area contributed by atoms with Crippen molar-refractivity contribution in [2.75, 3.05) is 6.54 Å². The molecule has 1 rings (SSSR count). The predicted octanol–water partition coefficient (Wildman–Crippen LogP) is 2.21. The zero-order valence-corrected chi connectivity index (χ0v) is 13.1. The van der Waals surface area contributed by atoms with Crippen molar-refractivity contribution in [2.45, 2.75) is 45.1 Å². The first-order chi connectivity index (χ1) is 9.05. The molecule has 2 N–H and O–H groups in total. The molecule has 0 aliphatic rings. The summed E-state index contributed by atoms with van der Waals surface area (Å²) in [5, 5.41) is 9.39. The van der Waals surface area contributed by atoms with Gasteiger partial charge in [0.05, 0.1) is 11.0 Å². The second kappa shape index (κ2) is 6.20. The van der Waals surface area contributed by atoms with Crippen molar-refractivity contribution >= 4 is 10.0 Å². The highest BCUT2D eigenvalue weighted by Crippen LogP contribution is 2.23. The molecule has 0 saturated heterocycles. The van der Waals surface area contributed by atoms with Gasteiger partial charge >= 0.3 is 0 Å². The van der Waals surface area contributed by atoms with Gasteiger partial charge in [-0.25, -0.2) is 17.5 Å². The van der Waals surface area contributed by atoms with E-state index < -0.39 is 21.9 Å². The minimum absolute atomic E-state index is 0.0506. The third kappa shape index (κ3) is 4.54. The molecule has 0 radical (unpaired) electrons. The lowest BCUT2D eigenvalue weighted by atomic mass is 9.87. The van der Waals surface area contributed by atoms with Crippen molar-refractivity contribution in [1.29, 1.82) is 0 Å². The standard InChI is InChI=1S/C14H22FNO3S/c1-10(17)8-14(3,4)9-16-20(18,19)13-7-5-6-12(15)11(13)2/h5-7,10,16-17H,8-9H2,1-4H3/t10-/m0/s1. The maximum Gasteiger partial charge on any atom is 0.240 e. The second-order valence-corrected chi connectivity index (χ2v) is 7.64. The molecule has 0 amide bonds. The number of hydrogen-bond acceptors (Lipinski definition) is 3. The largest absolute Gasteiger partial charge is 0.393 e. The molecule has 0 bridgehead atoms. The Kier molecular flexibility index (Phi) is 5.29. The van der Waals surface area contributed by atoms with Crippen LogP contribution in [0.2, 0.25) is 0 Å². The maximum atomic E-state index is 13.4. The monoisotopic (exact) mass is 303 g/mol. The summed E-state index contributed by atoms with van der Waals surface area (Å²) in [5.74, 6) is -0.545. The number of hydrogen-bond donors (Lipinski definition) is 2. The molecule has 0 saturated carbocycles. The van der Waals surface area contributed by atoms with Gasteiger partial charge in [-0.2, -0.15) is 0 Å². The van der Waals surface area contributed by atoms with Crippen molar-refractivity contribution in [1.82, 2.24) is 4.72 Å². The van der Waals surface area contributed by atoms with Crippen molar-refractivity contribution in [3.63, 3.8) is 0 Å². The number of nitrogens with one attached hydrogen (secondary N) is 1. The second-order valence-electron chi connectivity index (χ2n) is 5.90. The Hall–Kier alpha value is -0.980. The molecule has 0 unspecified atom stereocenters. The molecule has 20 heavy (non-hydrogen) atoms. The van der Waals surface area contributed by atoms with Crippen molar-refractivity contribution in [3.05, 3.63) is 29.6 Å². The highest BCUT2D eigenvalue weighted by Gasteiger charge is 2.25. The summed E-state index contributed by atoms with van der Waals surface area (Å²) in [6.45, 7) is 7.00. The Labute approximate surface area is 120 Å². The summed E-state index contributed by atoms with van der Waals surface area (Å²) >= 11 is 0. The molecule has 0 aliphatic carbocycles. The van der Waals surface area contributed by atoms with Crippen LogP contribution < -0.4 is 4.72 Å². The van der Waals surface area contributed by atoms with E-state index in [4.69, 9.17) is 0 Å². The van der Waals surface area contributed by atoms with Gasteiger partial charge in [-0.1, -0.05) is 19.9 Å². The molecule has 4 nitrogen and oxygen atoms in total. The minimum atomic E-state index is -3.75. The number of halogens is 1. The van der Waals surface area contributed by atoms with E-state index in [1.54, 1.807) is 6.92 Å². The van der Waals surface area contributed by atoms with Gasteiger partial charge in [0.25, 0.3) is 0 Å². The van der Waals surface area contributed by atoms with Gasteiger partial charge in [0.1, 0.15) is 5.82 Å². The van der Waals surface area contributed by atoms with E-state index in [0.29, 0.717) is 6.42 Å². The lowest BCUT2D eigenvalue weighted by molar-refractivity contribution is 0.131. The summed E-state index contributed by atoms with van der Waals surface area (Å²) in [6.07, 6.45) is -0.0390. The quantitative estimate of drug-likeness (QED) is 0.847. The Morgan fingerprint density at radius 1 is 1.40 bits per heavy atom. The topological polar surface area (TPSA) is 66.4 Å². The van der Waals surface area contributed by atoms with Crippen molar-refractivity contribution in [3.8, 4) is 0 Å². The van der Waals surface area contributed by atoms with Crippen LogP contribution in [0.25, 0.3) is 0 Å². The lowest BCUT2D eigenvalue weighted by Crippen LogP contribution is -2.36. The van der Waals surface area contributed by atoms with Gasteiger partial charge in [0.2, 0.25) is 10.0 Å². The number of benzene rings is 1. The predicted molar refractivity (Wildman–Crippen MR) is 76.4 cm³/mol. The fourth-order valence-electron chi connectivity index (χ4n) is 2.12. The van der Waals surface area contributed by atoms with E-state index in [-0.39, 0.29) is 22.4 Å². The van der Waals surface area contributed by atoms with Crippen LogP contribution in [0, 0.1) is 18.2 Å². The Morgan fingerprint density at radius 3 is 2.55 bits per heavy atom. The molecule has 0 heterocycles. The summed E-state index contributed by atoms with van der Waals surface area (Å²) in [5.41, 5.74) is -0.282. The molecule has 114 valence electrons. The fourth-order valence-corrected chi connectivity index (χ4v) is 3.61. The minimum Gasteiger partial charge on any atom is -0.393 e. The molecule has 1 aromatic rings. The van der Waals surface area contributed by atoms with Gasteiger partial charge < -0.3 is 5.11 Å². The van der Waals surface area contributed by atoms with E-state index in [2.05, 4.69) is 4.72 Å². The summed E-state index contributed by atoms with van der Waals surface area (Å²) in [7, 11) is -3.75. The summed E-state index contributed by atoms with van der Waals surface area (Å²) in [6, 6.07) is 3.98. The van der Waals surface area contributed by atoms with Crippen molar-refractivity contribution in [2.24, 2.45) is 5.41 Å². The SMILES string of the molecule is Cc1c(F)cccc1S(=O)(=O)NCC(C)(C)C[C@H](C)O. The number of aliphatic hydroxyl groups is 1. The molecule has 0 fully saturated rings. The number of rotatable bonds is 6. The molecule has 6 heteroatoms. The average molecular weight is 303 g/mol. The summed E-state index contributed by atoms with van der Waals surface area (Å²) < 4.78 is 40.3. The van der Waals surface area contributed by atoms with Gasteiger partial charge in [-0.3, -0.25) is 0 Å². The van der Waals surface area contributed by atoms with E-state index in [1.165, 1.54) is 25.1 Å². The average Bonchev–Trinajstić information content (AvgIpc) is 2.29. The van der Waals surface area contributed by atoms with Crippen molar-refractivity contribution < 1.29 is 17.9 Å². The summed E-state index contributed by atoms with van der Waals surface area (Å²) in [4.78, 5) is -0.0506. The van der Waals surface area contributed by atoms with Gasteiger partial charge in [0, 0.05) is 12.1 Å². The number of aliphatic hydroxyl groups excluding tert-OH is 1. The van der Waals surface area contributed by atoms with Crippen LogP contribution in [0.5, 0.6) is 0 Å². The highest BCUT2D eigenvalue weighted by atomic mass is 32.2. The third-order valence-corrected chi connectivity index (χ3v) is 4.64. The fraction of sp³-hybridized carbons (Fsp3) is 0.571. The first-order valence-electron chi connectivity index (χ1n) is 6.48. The highest BCUT2D eigenvalue weighted by molar-refractivity contribution is 7.89. The lowest BCUT2D eigenvalue weighted by Gasteiger charge is -2.26. The zero-order valence-electron chi connectivity index (χ0n) is 12.3. The van der Waals surface area contributed by atoms with Gasteiger partial charge in [-0.05, 0) is 37.8 Å². The van der Waals surface area contributed by atoms with Crippen LogP contribution in [-0.2, 0) is 10.0 Å². The van der Waals surface area contributed by atoms with E-state index in [0.717, 1.165) is 0 Å². The van der Waals surface area contributed by atoms with E-state index >= 15 is 0 Å². The van der Waals surface area contributed by atoms with Crippen LogP contribution in [0.1, 0.15) is 32.8 Å². The Balaban J connectivity index is 2.89. The first-order valence-corrected chi connectivity index (χ1v) is 7.96. The molecule has 0 aliphatic heterocycles.